The number of anilines is 4. The Morgan fingerprint density at radius 2 is 2.10 bits per heavy atom. The Morgan fingerprint density at radius 1 is 1.35 bits per heavy atom. The van der Waals surface area contributed by atoms with Crippen LogP contribution in [0.3, 0.4) is 0 Å². The number of hydrazine groups is 1. The van der Waals surface area contributed by atoms with Gasteiger partial charge in [-0.05, 0) is 24.6 Å². The number of carbonyl (C=O) groups excluding carboxylic acids is 1. The highest BCUT2D eigenvalue weighted by molar-refractivity contribution is 6.29. The zero-order valence-electron chi connectivity index (χ0n) is 17.4. The van der Waals surface area contributed by atoms with E-state index in [1.807, 2.05) is 0 Å². The molecule has 0 spiro atoms. The first-order valence-corrected chi connectivity index (χ1v) is 9.76. The van der Waals surface area contributed by atoms with E-state index in [1.54, 1.807) is 39.2 Å². The zero-order chi connectivity index (χ0) is 22.7. The lowest BCUT2D eigenvalue weighted by Crippen LogP contribution is -2.26. The van der Waals surface area contributed by atoms with Gasteiger partial charge in [-0.1, -0.05) is 11.6 Å². The van der Waals surface area contributed by atoms with Crippen LogP contribution >= 0.6 is 11.6 Å². The number of hydrogen-bond acceptors (Lipinski definition) is 10. The molecule has 1 atom stereocenters. The molecule has 1 aromatic carbocycles. The molecule has 31 heavy (non-hydrogen) atoms. The van der Waals surface area contributed by atoms with Gasteiger partial charge in [-0.2, -0.15) is 5.10 Å². The Hall–Kier alpha value is -3.28. The second-order valence-electron chi connectivity index (χ2n) is 6.97. The number of esters is 1. The van der Waals surface area contributed by atoms with Crippen LogP contribution in [0.2, 0.25) is 5.15 Å². The van der Waals surface area contributed by atoms with Crippen LogP contribution in [0.5, 0.6) is 0 Å². The van der Waals surface area contributed by atoms with Gasteiger partial charge in [-0.25, -0.2) is 20.1 Å². The molecule has 12 heteroatoms. The summed E-state index contributed by atoms with van der Waals surface area (Å²) in [4.78, 5) is 16.8. The Labute approximate surface area is 184 Å². The minimum atomic E-state index is -0.593. The molecule has 0 saturated heterocycles. The SMILES string of the molecule is CNc1cc(Cl)nn2c(C(=O)OC(C)COCc3cc(N)c(N)c(N(C)N)c3)cnc12. The van der Waals surface area contributed by atoms with Crippen LogP contribution in [0, 0.1) is 0 Å². The van der Waals surface area contributed by atoms with Gasteiger partial charge < -0.3 is 31.3 Å². The maximum Gasteiger partial charge on any atom is 0.359 e. The maximum atomic E-state index is 12.6. The van der Waals surface area contributed by atoms with Crippen molar-refractivity contribution < 1.29 is 14.3 Å². The molecule has 2 aromatic heterocycles. The third kappa shape index (κ3) is 4.90. The van der Waals surface area contributed by atoms with E-state index in [2.05, 4.69) is 15.4 Å². The number of benzene rings is 1. The molecule has 0 saturated carbocycles. The first kappa shape index (κ1) is 22.4. The van der Waals surface area contributed by atoms with Crippen molar-refractivity contribution in [1.82, 2.24) is 14.6 Å². The van der Waals surface area contributed by atoms with Crippen LogP contribution < -0.4 is 27.6 Å². The summed E-state index contributed by atoms with van der Waals surface area (Å²) in [6, 6.07) is 5.12. The van der Waals surface area contributed by atoms with E-state index >= 15 is 0 Å². The number of nitrogens with zero attached hydrogens (tertiary/aromatic N) is 4. The quantitative estimate of drug-likeness (QED) is 0.173. The Bertz CT molecular complexity index is 1100. The highest BCUT2D eigenvalue weighted by Gasteiger charge is 2.20. The highest BCUT2D eigenvalue weighted by atomic mass is 35.5. The van der Waals surface area contributed by atoms with Crippen molar-refractivity contribution in [3.63, 3.8) is 0 Å². The summed E-state index contributed by atoms with van der Waals surface area (Å²) in [5.74, 6) is 5.18. The van der Waals surface area contributed by atoms with Gasteiger partial charge >= 0.3 is 5.97 Å². The van der Waals surface area contributed by atoms with E-state index in [4.69, 9.17) is 38.4 Å². The molecule has 7 N–H and O–H groups in total. The minimum absolute atomic E-state index is 0.155. The molecule has 1 unspecified atom stereocenters. The lowest BCUT2D eigenvalue weighted by molar-refractivity contribution is -0.00230. The number of fused-ring (bicyclic) bond motifs is 1. The minimum Gasteiger partial charge on any atom is -0.455 e. The third-order valence-electron chi connectivity index (χ3n) is 4.48. The van der Waals surface area contributed by atoms with Gasteiger partial charge in [-0.15, -0.1) is 0 Å². The van der Waals surface area contributed by atoms with E-state index < -0.39 is 12.1 Å². The van der Waals surface area contributed by atoms with Crippen molar-refractivity contribution in [3.8, 4) is 0 Å². The first-order chi connectivity index (χ1) is 14.7. The number of ether oxygens (including phenoxy) is 2. The molecule has 166 valence electrons. The van der Waals surface area contributed by atoms with Crippen molar-refractivity contribution in [2.45, 2.75) is 19.6 Å². The van der Waals surface area contributed by atoms with Gasteiger partial charge in [0.2, 0.25) is 0 Å². The van der Waals surface area contributed by atoms with Gasteiger partial charge in [0.25, 0.3) is 0 Å². The number of nitrogens with one attached hydrogen (secondary N) is 1. The van der Waals surface area contributed by atoms with Gasteiger partial charge in [0.1, 0.15) is 6.10 Å². The second kappa shape index (κ2) is 9.25. The Kier molecular flexibility index (Phi) is 6.68. The smallest absolute Gasteiger partial charge is 0.359 e. The van der Waals surface area contributed by atoms with E-state index in [9.17, 15) is 4.79 Å². The van der Waals surface area contributed by atoms with Crippen LogP contribution in [0.15, 0.2) is 24.4 Å². The molecular formula is C19H25ClN8O3. The average Bonchev–Trinajstić information content (AvgIpc) is 3.13. The lowest BCUT2D eigenvalue weighted by atomic mass is 10.1. The second-order valence-corrected chi connectivity index (χ2v) is 7.36. The van der Waals surface area contributed by atoms with Crippen molar-refractivity contribution in [1.29, 1.82) is 0 Å². The number of aromatic nitrogens is 3. The number of nitrogen functional groups attached to an aromatic ring is 2. The molecule has 0 aliphatic carbocycles. The van der Waals surface area contributed by atoms with Crippen LogP contribution in [-0.4, -0.2) is 47.4 Å². The molecule has 11 nitrogen and oxygen atoms in total. The molecule has 3 aromatic rings. The molecule has 0 radical (unpaired) electrons. The van der Waals surface area contributed by atoms with Gasteiger partial charge in [0.15, 0.2) is 16.5 Å². The number of rotatable bonds is 8. The summed E-state index contributed by atoms with van der Waals surface area (Å²) < 4.78 is 12.5. The molecule has 0 amide bonds. The van der Waals surface area contributed by atoms with E-state index in [0.29, 0.717) is 28.4 Å². The molecule has 0 aliphatic heterocycles. The molecule has 0 bridgehead atoms. The monoisotopic (exact) mass is 448 g/mol. The fourth-order valence-electron chi connectivity index (χ4n) is 2.98. The van der Waals surface area contributed by atoms with Crippen LogP contribution in [0.4, 0.5) is 22.7 Å². The lowest BCUT2D eigenvalue weighted by Gasteiger charge is -2.18. The number of nitrogens with two attached hydrogens (primary N) is 3. The van der Waals surface area contributed by atoms with Gasteiger partial charge in [0, 0.05) is 20.2 Å². The van der Waals surface area contributed by atoms with Crippen molar-refractivity contribution in [2.24, 2.45) is 5.84 Å². The predicted molar refractivity (Wildman–Crippen MR) is 120 cm³/mol. The summed E-state index contributed by atoms with van der Waals surface area (Å²) in [7, 11) is 3.39. The Morgan fingerprint density at radius 3 is 2.77 bits per heavy atom. The third-order valence-corrected chi connectivity index (χ3v) is 4.66. The number of hydrogen-bond donors (Lipinski definition) is 4. The fraction of sp³-hybridized carbons (Fsp3) is 0.316. The van der Waals surface area contributed by atoms with Crippen molar-refractivity contribution >= 4 is 46.0 Å². The number of carbonyl (C=O) groups is 1. The predicted octanol–water partition coefficient (Wildman–Crippen LogP) is 1.66. The topological polar surface area (TPSA) is 159 Å². The highest BCUT2D eigenvalue weighted by Crippen LogP contribution is 2.29. The fourth-order valence-corrected chi connectivity index (χ4v) is 3.16. The van der Waals surface area contributed by atoms with Crippen LogP contribution in [-0.2, 0) is 16.1 Å². The zero-order valence-corrected chi connectivity index (χ0v) is 18.2. The number of imidazole rings is 1. The van der Waals surface area contributed by atoms with E-state index in [-0.39, 0.29) is 24.1 Å². The molecule has 2 heterocycles. The normalized spacial score (nSPS) is 12.0. The summed E-state index contributed by atoms with van der Waals surface area (Å²) in [6.07, 6.45) is 0.862. The molecular weight excluding hydrogens is 424 g/mol. The van der Waals surface area contributed by atoms with E-state index in [0.717, 1.165) is 5.56 Å². The van der Waals surface area contributed by atoms with Crippen molar-refractivity contribution in [3.05, 3.63) is 40.8 Å². The maximum absolute atomic E-state index is 12.6. The summed E-state index contributed by atoms with van der Waals surface area (Å²) >= 11 is 6.02. The van der Waals surface area contributed by atoms with Crippen LogP contribution in [0.1, 0.15) is 23.0 Å². The van der Waals surface area contributed by atoms with E-state index in [1.165, 1.54) is 15.7 Å². The summed E-state index contributed by atoms with van der Waals surface area (Å²) in [5.41, 5.74) is 15.3. The Balaban J connectivity index is 1.62. The van der Waals surface area contributed by atoms with Gasteiger partial charge in [-0.3, -0.25) is 0 Å². The van der Waals surface area contributed by atoms with Crippen molar-refractivity contribution in [2.75, 3.05) is 42.5 Å². The van der Waals surface area contributed by atoms with Gasteiger partial charge in [0.05, 0.1) is 42.2 Å². The molecule has 3 rings (SSSR count). The summed E-state index contributed by atoms with van der Waals surface area (Å²) in [6.45, 7) is 2.12. The average molecular weight is 449 g/mol. The molecule has 0 fully saturated rings. The number of halogens is 1. The first-order valence-electron chi connectivity index (χ1n) is 9.38. The largest absolute Gasteiger partial charge is 0.455 e. The molecule has 0 aliphatic rings. The van der Waals surface area contributed by atoms with Crippen LogP contribution in [0.25, 0.3) is 5.65 Å². The standard InChI is InChI=1S/C19H25ClN8O3/c1-10(8-30-9-11-4-12(21)17(22)14(5-11)27(3)23)31-19(29)15-7-25-18-13(24-2)6-16(20)26-28(15)18/h4-7,10,24H,8-9,21-23H2,1-3H3. The summed E-state index contributed by atoms with van der Waals surface area (Å²) in [5, 5.41) is 8.68.